The lowest BCUT2D eigenvalue weighted by atomic mass is 10.0. The van der Waals surface area contributed by atoms with Crippen LogP contribution in [0.1, 0.15) is 34.6 Å². The maximum Gasteiger partial charge on any atom is 0.516 e. The Morgan fingerprint density at radius 3 is 1.49 bits per heavy atom. The van der Waals surface area contributed by atoms with E-state index in [-0.39, 0.29) is 22.3 Å². The first-order valence-corrected chi connectivity index (χ1v) is 14.1. The van der Waals surface area contributed by atoms with Gasteiger partial charge in [0.2, 0.25) is 0 Å². The number of likely N-dealkylation sites (N-methyl/N-ethyl adjacent to an activating group) is 1. The predicted molar refractivity (Wildman–Crippen MR) is 146 cm³/mol. The number of benzene rings is 2. The van der Waals surface area contributed by atoms with Crippen LogP contribution < -0.4 is 18.7 Å². The number of ether oxygens (including phenoxy) is 4. The van der Waals surface area contributed by atoms with Crippen LogP contribution in [-0.2, 0) is 29.1 Å². The minimum absolute atomic E-state index is 0.0435. The number of esters is 2. The zero-order chi connectivity index (χ0) is 31.1. The number of hydrogen-bond acceptors (Lipinski definition) is 9. The highest BCUT2D eigenvalue weighted by Crippen LogP contribution is 2.36. The number of nitrogens with zero attached hydrogens (tertiary/aromatic N) is 2. The molecule has 0 aliphatic rings. The fourth-order valence-electron chi connectivity index (χ4n) is 3.99. The van der Waals surface area contributed by atoms with Gasteiger partial charge in [-0.1, -0.05) is 0 Å². The van der Waals surface area contributed by atoms with Gasteiger partial charge in [0.15, 0.2) is 12.1 Å². The molecule has 0 saturated heterocycles. The molecule has 0 aliphatic carbocycles. The summed E-state index contributed by atoms with van der Waals surface area (Å²) in [4.78, 5) is 28.6. The van der Waals surface area contributed by atoms with Crippen LogP contribution in [0.3, 0.4) is 0 Å². The first kappa shape index (κ1) is 33.5. The van der Waals surface area contributed by atoms with E-state index in [9.17, 15) is 31.2 Å². The average Bonchev–Trinajstić information content (AvgIpc) is 2.89. The van der Waals surface area contributed by atoms with E-state index in [1.165, 1.54) is 83.2 Å². The van der Waals surface area contributed by atoms with Crippen molar-refractivity contribution in [3.63, 3.8) is 0 Å². The topological polar surface area (TPSA) is 112 Å². The summed E-state index contributed by atoms with van der Waals surface area (Å²) in [5.41, 5.74) is -6.13. The van der Waals surface area contributed by atoms with Gasteiger partial charge >= 0.3 is 27.5 Å². The van der Waals surface area contributed by atoms with Gasteiger partial charge in [-0.25, -0.2) is 13.9 Å². The largest absolute Gasteiger partial charge is 0.516 e. The fraction of sp³-hybridized carbons (Fsp3) is 0.481. The Morgan fingerprint density at radius 1 is 0.756 bits per heavy atom. The lowest BCUT2D eigenvalue weighted by molar-refractivity contribution is -0.157. The molecule has 0 aliphatic heterocycles. The SMILES string of the molecule is CCN(c1ccc(OC)cc1)[C@@H](C(=O)OC(C)C)[C@@H](C(=O)OC(C)C)N(c1ccc(OC)cc1)S(=O)(=O)C(F)(F)F. The highest BCUT2D eigenvalue weighted by atomic mass is 32.2. The summed E-state index contributed by atoms with van der Waals surface area (Å²) in [5, 5.41) is 0. The van der Waals surface area contributed by atoms with Gasteiger partial charge in [0.05, 0.1) is 32.1 Å². The number of methoxy groups -OCH3 is 2. The Labute approximate surface area is 238 Å². The first-order valence-electron chi connectivity index (χ1n) is 12.6. The third kappa shape index (κ3) is 7.96. The molecule has 228 valence electrons. The van der Waals surface area contributed by atoms with Gasteiger partial charge in [0.25, 0.3) is 0 Å². The predicted octanol–water partition coefficient (Wildman–Crippen LogP) is 4.53. The van der Waals surface area contributed by atoms with Gasteiger partial charge < -0.3 is 23.8 Å². The normalized spacial score (nSPS) is 13.4. The van der Waals surface area contributed by atoms with Crippen LogP contribution in [0.25, 0.3) is 0 Å². The van der Waals surface area contributed by atoms with E-state index in [1.54, 1.807) is 6.92 Å². The van der Waals surface area contributed by atoms with Gasteiger partial charge in [-0.05, 0) is 83.1 Å². The van der Waals surface area contributed by atoms with E-state index in [1.807, 2.05) is 0 Å². The monoisotopic (exact) mass is 604 g/mol. The lowest BCUT2D eigenvalue weighted by Gasteiger charge is -2.41. The van der Waals surface area contributed by atoms with Crippen molar-refractivity contribution in [1.29, 1.82) is 0 Å². The Balaban J connectivity index is 2.97. The van der Waals surface area contributed by atoms with Crippen molar-refractivity contribution in [2.45, 2.75) is 64.4 Å². The summed E-state index contributed by atoms with van der Waals surface area (Å²) in [7, 11) is -3.55. The highest BCUT2D eigenvalue weighted by molar-refractivity contribution is 7.93. The van der Waals surface area contributed by atoms with Crippen molar-refractivity contribution in [2.75, 3.05) is 30.0 Å². The fourth-order valence-corrected chi connectivity index (χ4v) is 5.11. The number of carbonyl (C=O) groups excluding carboxylic acids is 2. The van der Waals surface area contributed by atoms with E-state index in [2.05, 4.69) is 0 Å². The molecular formula is C27H35F3N2O8S. The maximum atomic E-state index is 14.2. The molecule has 0 aromatic heterocycles. The Bertz CT molecular complexity index is 1270. The number of anilines is 2. The second-order valence-electron chi connectivity index (χ2n) is 9.29. The second-order valence-corrected chi connectivity index (χ2v) is 11.1. The summed E-state index contributed by atoms with van der Waals surface area (Å²) in [6, 6.07) is 6.34. The van der Waals surface area contributed by atoms with Crippen LogP contribution in [0.4, 0.5) is 24.5 Å². The molecule has 10 nitrogen and oxygen atoms in total. The second kappa shape index (κ2) is 13.8. The van der Waals surface area contributed by atoms with Crippen LogP contribution in [0.15, 0.2) is 48.5 Å². The van der Waals surface area contributed by atoms with Gasteiger partial charge in [0, 0.05) is 12.2 Å². The Hall–Kier alpha value is -3.68. The molecule has 0 fully saturated rings. The molecule has 2 rings (SSSR count). The molecule has 0 N–H and O–H groups in total. The van der Waals surface area contributed by atoms with Crippen LogP contribution >= 0.6 is 0 Å². The molecule has 0 unspecified atom stereocenters. The summed E-state index contributed by atoms with van der Waals surface area (Å²) in [5.74, 6) is -1.87. The molecule has 2 aromatic carbocycles. The zero-order valence-corrected chi connectivity index (χ0v) is 24.7. The number of sulfonamides is 1. The van der Waals surface area contributed by atoms with E-state index < -0.39 is 57.4 Å². The minimum Gasteiger partial charge on any atom is -0.497 e. The van der Waals surface area contributed by atoms with Gasteiger partial charge in [-0.2, -0.15) is 21.6 Å². The Kier molecular flexibility index (Phi) is 11.3. The van der Waals surface area contributed by atoms with Gasteiger partial charge in [0.1, 0.15) is 11.5 Å². The number of halogens is 3. The lowest BCUT2D eigenvalue weighted by Crippen LogP contribution is -2.63. The zero-order valence-electron chi connectivity index (χ0n) is 23.8. The van der Waals surface area contributed by atoms with Crippen LogP contribution in [-0.4, -0.2) is 70.9 Å². The van der Waals surface area contributed by atoms with E-state index in [4.69, 9.17) is 18.9 Å². The highest BCUT2D eigenvalue weighted by Gasteiger charge is 2.57. The molecule has 0 amide bonds. The van der Waals surface area contributed by atoms with Crippen molar-refractivity contribution in [3.8, 4) is 11.5 Å². The van der Waals surface area contributed by atoms with Crippen LogP contribution in [0, 0.1) is 0 Å². The summed E-state index contributed by atoms with van der Waals surface area (Å²) in [6.45, 7) is 7.43. The minimum atomic E-state index is -6.30. The molecule has 0 heterocycles. The maximum absolute atomic E-state index is 14.2. The van der Waals surface area contributed by atoms with Crippen molar-refractivity contribution >= 4 is 33.3 Å². The van der Waals surface area contributed by atoms with Crippen molar-refractivity contribution < 1.29 is 50.1 Å². The molecular weight excluding hydrogens is 569 g/mol. The van der Waals surface area contributed by atoms with E-state index in [0.29, 0.717) is 5.75 Å². The molecule has 41 heavy (non-hydrogen) atoms. The Morgan fingerprint density at radius 2 is 1.15 bits per heavy atom. The first-order chi connectivity index (χ1) is 19.1. The molecule has 0 spiro atoms. The van der Waals surface area contributed by atoms with Crippen molar-refractivity contribution in [1.82, 2.24) is 0 Å². The van der Waals surface area contributed by atoms with Crippen molar-refractivity contribution in [3.05, 3.63) is 48.5 Å². The number of carbonyl (C=O) groups is 2. The molecule has 2 atom stereocenters. The quantitative estimate of drug-likeness (QED) is 0.305. The molecule has 0 bridgehead atoms. The number of alkyl halides is 3. The summed E-state index contributed by atoms with van der Waals surface area (Å²) < 4.78 is 89.8. The summed E-state index contributed by atoms with van der Waals surface area (Å²) in [6.07, 6.45) is -1.62. The van der Waals surface area contributed by atoms with Gasteiger partial charge in [-0.15, -0.1) is 0 Å². The third-order valence-corrected chi connectivity index (χ3v) is 7.24. The average molecular weight is 605 g/mol. The van der Waals surface area contributed by atoms with Crippen LogP contribution in [0.2, 0.25) is 0 Å². The molecule has 2 aromatic rings. The van der Waals surface area contributed by atoms with Crippen molar-refractivity contribution in [2.24, 2.45) is 0 Å². The molecule has 0 radical (unpaired) electrons. The molecule has 0 saturated carbocycles. The number of hydrogen-bond donors (Lipinski definition) is 0. The third-order valence-electron chi connectivity index (χ3n) is 5.70. The van der Waals surface area contributed by atoms with E-state index in [0.717, 1.165) is 12.1 Å². The number of rotatable bonds is 13. The van der Waals surface area contributed by atoms with Crippen LogP contribution in [0.5, 0.6) is 11.5 Å². The summed E-state index contributed by atoms with van der Waals surface area (Å²) >= 11 is 0. The smallest absolute Gasteiger partial charge is 0.497 e. The standard InChI is InChI=1S/C27H35F3N2O8S/c1-8-31(19-9-13-21(37-6)14-10-19)23(25(33)39-17(2)3)24(26(34)40-18(4)5)32(41(35,36)27(28,29)30)20-11-15-22(38-7)16-12-20/h9-18,23-24H,8H2,1-7H3/t23-,24+/m1/s1. The van der Waals surface area contributed by atoms with Gasteiger partial charge in [-0.3, -0.25) is 0 Å². The van der Waals surface area contributed by atoms with E-state index >= 15 is 0 Å². The molecule has 14 heteroatoms.